The molecule has 0 amide bonds. The van der Waals surface area contributed by atoms with Crippen LogP contribution < -0.4 is 4.57 Å². The minimum absolute atomic E-state index is 0.466. The second-order valence-corrected chi connectivity index (χ2v) is 10.4. The highest BCUT2D eigenvalue weighted by molar-refractivity contribution is 6.11. The molecule has 0 saturated heterocycles. The van der Waals surface area contributed by atoms with Crippen molar-refractivity contribution in [2.75, 3.05) is 0 Å². The molecule has 0 radical (unpaired) electrons. The lowest BCUT2D eigenvalue weighted by atomic mass is 9.95. The standard InChI is InChI=1S/C34H30N3/c1-22(2)25-17-18-29-28-13-7-10-16-32(28)37(34(29)23(25)3)33-21-24(19-20-35(33)4)36-30-14-8-5-11-26(30)27-12-6-9-15-31(27)36/h5-22H,1-4H3/q+1. The van der Waals surface area contributed by atoms with Gasteiger partial charge in [0.25, 0.3) is 5.82 Å². The van der Waals surface area contributed by atoms with E-state index in [1.54, 1.807) is 0 Å². The predicted octanol–water partition coefficient (Wildman–Crippen LogP) is 8.14. The molecule has 0 spiro atoms. The zero-order valence-corrected chi connectivity index (χ0v) is 21.7. The van der Waals surface area contributed by atoms with Crippen molar-refractivity contribution in [1.29, 1.82) is 0 Å². The van der Waals surface area contributed by atoms with E-state index in [1.165, 1.54) is 54.7 Å². The summed E-state index contributed by atoms with van der Waals surface area (Å²) >= 11 is 0. The van der Waals surface area contributed by atoms with Gasteiger partial charge in [-0.1, -0.05) is 68.4 Å². The van der Waals surface area contributed by atoms with E-state index in [0.29, 0.717) is 5.92 Å². The van der Waals surface area contributed by atoms with Crippen LogP contribution in [0.4, 0.5) is 0 Å². The second-order valence-electron chi connectivity index (χ2n) is 10.4. The van der Waals surface area contributed by atoms with Crippen molar-refractivity contribution in [3.05, 3.63) is 114 Å². The summed E-state index contributed by atoms with van der Waals surface area (Å²) in [4.78, 5) is 0. The maximum atomic E-state index is 2.46. The van der Waals surface area contributed by atoms with Gasteiger partial charge in [-0.15, -0.1) is 0 Å². The number of aryl methyl sites for hydroxylation is 2. The number of nitrogens with zero attached hydrogens (tertiary/aromatic N) is 3. The number of hydrogen-bond donors (Lipinski definition) is 0. The van der Waals surface area contributed by atoms with Crippen LogP contribution in [0.3, 0.4) is 0 Å². The fourth-order valence-electron chi connectivity index (χ4n) is 6.21. The molecular weight excluding hydrogens is 450 g/mol. The third-order valence-corrected chi connectivity index (χ3v) is 7.93. The van der Waals surface area contributed by atoms with Gasteiger partial charge in [-0.3, -0.25) is 0 Å². The molecule has 180 valence electrons. The summed E-state index contributed by atoms with van der Waals surface area (Å²) in [6, 6.07) is 35.4. The molecule has 0 atom stereocenters. The Bertz CT molecular complexity index is 1930. The van der Waals surface area contributed by atoms with Crippen LogP contribution in [-0.4, -0.2) is 9.13 Å². The Labute approximate surface area is 216 Å². The van der Waals surface area contributed by atoms with Gasteiger partial charge < -0.3 is 4.57 Å². The summed E-state index contributed by atoms with van der Waals surface area (Å²) in [7, 11) is 2.15. The first-order chi connectivity index (χ1) is 18.0. The lowest BCUT2D eigenvalue weighted by molar-refractivity contribution is -0.665. The minimum Gasteiger partial charge on any atom is -0.309 e. The normalized spacial score (nSPS) is 12.0. The second kappa shape index (κ2) is 8.07. The molecule has 0 aliphatic heterocycles. The molecule has 3 aromatic heterocycles. The third kappa shape index (κ3) is 3.10. The van der Waals surface area contributed by atoms with Gasteiger partial charge in [0.2, 0.25) is 0 Å². The van der Waals surface area contributed by atoms with Crippen molar-refractivity contribution in [3.8, 4) is 11.5 Å². The molecule has 0 N–H and O–H groups in total. The Balaban J connectivity index is 1.59. The van der Waals surface area contributed by atoms with Crippen LogP contribution in [0.5, 0.6) is 0 Å². The van der Waals surface area contributed by atoms with E-state index >= 15 is 0 Å². The average molecular weight is 481 g/mol. The van der Waals surface area contributed by atoms with Crippen LogP contribution in [0.1, 0.15) is 30.9 Å². The highest BCUT2D eigenvalue weighted by Crippen LogP contribution is 2.37. The molecule has 0 aliphatic carbocycles. The van der Waals surface area contributed by atoms with E-state index < -0.39 is 0 Å². The topological polar surface area (TPSA) is 13.7 Å². The van der Waals surface area contributed by atoms with Gasteiger partial charge >= 0.3 is 0 Å². The summed E-state index contributed by atoms with van der Waals surface area (Å²) in [6.45, 7) is 6.85. The zero-order valence-electron chi connectivity index (χ0n) is 21.7. The van der Waals surface area contributed by atoms with Crippen LogP contribution in [0.15, 0.2) is 103 Å². The molecule has 0 unspecified atom stereocenters. The van der Waals surface area contributed by atoms with Gasteiger partial charge in [0.1, 0.15) is 11.0 Å². The summed E-state index contributed by atoms with van der Waals surface area (Å²) in [5.41, 5.74) is 8.89. The van der Waals surface area contributed by atoms with Crippen LogP contribution in [-0.2, 0) is 7.05 Å². The summed E-state index contributed by atoms with van der Waals surface area (Å²) in [6.07, 6.45) is 2.19. The van der Waals surface area contributed by atoms with Crippen LogP contribution >= 0.6 is 0 Å². The van der Waals surface area contributed by atoms with E-state index in [2.05, 4.69) is 145 Å². The van der Waals surface area contributed by atoms with Crippen molar-refractivity contribution in [1.82, 2.24) is 9.13 Å². The predicted molar refractivity (Wildman–Crippen MR) is 155 cm³/mol. The minimum atomic E-state index is 0.466. The van der Waals surface area contributed by atoms with E-state index in [1.807, 2.05) is 0 Å². The zero-order chi connectivity index (χ0) is 25.3. The Morgan fingerprint density at radius 1 is 0.622 bits per heavy atom. The monoisotopic (exact) mass is 480 g/mol. The van der Waals surface area contributed by atoms with E-state index in [-0.39, 0.29) is 0 Å². The Kier molecular flexibility index (Phi) is 4.77. The van der Waals surface area contributed by atoms with Crippen molar-refractivity contribution in [3.63, 3.8) is 0 Å². The van der Waals surface area contributed by atoms with Crippen molar-refractivity contribution in [2.45, 2.75) is 26.7 Å². The molecule has 4 aromatic carbocycles. The maximum absolute atomic E-state index is 2.46. The van der Waals surface area contributed by atoms with E-state index in [0.717, 1.165) is 11.5 Å². The average Bonchev–Trinajstić information content (AvgIpc) is 3.43. The quantitative estimate of drug-likeness (QED) is 0.227. The number of pyridine rings is 1. The Hall–Kier alpha value is -4.37. The lowest BCUT2D eigenvalue weighted by Gasteiger charge is -2.13. The van der Waals surface area contributed by atoms with Gasteiger partial charge in [0.05, 0.1) is 36.0 Å². The van der Waals surface area contributed by atoms with Crippen LogP contribution in [0.25, 0.3) is 55.1 Å². The highest BCUT2D eigenvalue weighted by Gasteiger charge is 2.25. The maximum Gasteiger partial charge on any atom is 0.288 e. The SMILES string of the molecule is Cc1c(C(C)C)ccc2c3ccccc3n(-c3cc(-n4c5ccccc5c5ccccc54)cc[n+]3C)c12. The van der Waals surface area contributed by atoms with E-state index in [4.69, 9.17) is 0 Å². The number of para-hydroxylation sites is 3. The Morgan fingerprint density at radius 2 is 1.16 bits per heavy atom. The highest BCUT2D eigenvalue weighted by atomic mass is 15.1. The fourth-order valence-corrected chi connectivity index (χ4v) is 6.21. The molecule has 0 aliphatic rings. The number of aromatic nitrogens is 3. The van der Waals surface area contributed by atoms with Gasteiger partial charge in [-0.2, -0.15) is 4.57 Å². The number of hydrogen-bond acceptors (Lipinski definition) is 0. The number of fused-ring (bicyclic) bond motifs is 6. The summed E-state index contributed by atoms with van der Waals surface area (Å²) in [5, 5.41) is 5.15. The largest absolute Gasteiger partial charge is 0.309 e. The van der Waals surface area contributed by atoms with Crippen molar-refractivity contribution >= 4 is 43.6 Å². The Morgan fingerprint density at radius 3 is 1.76 bits per heavy atom. The van der Waals surface area contributed by atoms with E-state index in [9.17, 15) is 0 Å². The van der Waals surface area contributed by atoms with Crippen LogP contribution in [0, 0.1) is 6.92 Å². The molecule has 3 heteroatoms. The number of rotatable bonds is 3. The number of benzene rings is 4. The molecule has 0 bridgehead atoms. The summed E-state index contributed by atoms with van der Waals surface area (Å²) in [5.74, 6) is 1.61. The molecule has 7 rings (SSSR count). The molecule has 37 heavy (non-hydrogen) atoms. The first-order valence-corrected chi connectivity index (χ1v) is 13.1. The molecular formula is C34H30N3+. The lowest BCUT2D eigenvalue weighted by Crippen LogP contribution is -2.33. The van der Waals surface area contributed by atoms with Gasteiger partial charge in [0.15, 0.2) is 0 Å². The molecule has 3 heterocycles. The fraction of sp³-hybridized carbons (Fsp3) is 0.147. The van der Waals surface area contributed by atoms with Crippen molar-refractivity contribution < 1.29 is 4.57 Å². The van der Waals surface area contributed by atoms with Gasteiger partial charge in [0, 0.05) is 33.2 Å². The van der Waals surface area contributed by atoms with Gasteiger partial charge in [-0.05, 0) is 48.7 Å². The molecule has 0 fully saturated rings. The first kappa shape index (κ1) is 21.9. The van der Waals surface area contributed by atoms with Crippen LogP contribution in [0.2, 0.25) is 0 Å². The van der Waals surface area contributed by atoms with Gasteiger partial charge in [-0.25, -0.2) is 4.57 Å². The molecule has 3 nitrogen and oxygen atoms in total. The first-order valence-electron chi connectivity index (χ1n) is 13.1. The molecule has 7 aromatic rings. The summed E-state index contributed by atoms with van der Waals surface area (Å²) < 4.78 is 7.10. The van der Waals surface area contributed by atoms with Crippen molar-refractivity contribution in [2.24, 2.45) is 7.05 Å². The third-order valence-electron chi connectivity index (χ3n) is 7.93. The smallest absolute Gasteiger partial charge is 0.288 e. The molecule has 0 saturated carbocycles.